The van der Waals surface area contributed by atoms with Crippen molar-refractivity contribution < 1.29 is 14.5 Å². The van der Waals surface area contributed by atoms with E-state index in [1.54, 1.807) is 36.4 Å². The van der Waals surface area contributed by atoms with Crippen LogP contribution in [0, 0.1) is 10.1 Å². The molecule has 0 atom stereocenters. The fourth-order valence-electron chi connectivity index (χ4n) is 3.39. The van der Waals surface area contributed by atoms with Crippen LogP contribution < -0.4 is 15.6 Å². The number of hydrazone groups is 1. The molecular formula is C27H27N5O4. The number of amides is 2. The molecule has 0 aliphatic heterocycles. The summed E-state index contributed by atoms with van der Waals surface area (Å²) in [4.78, 5) is 38.1. The number of hydrogen-bond donors (Lipinski definition) is 2. The van der Waals surface area contributed by atoms with E-state index in [2.05, 4.69) is 34.6 Å². The summed E-state index contributed by atoms with van der Waals surface area (Å²) >= 11 is 0. The molecule has 184 valence electrons. The van der Waals surface area contributed by atoms with Gasteiger partial charge < -0.3 is 10.2 Å². The Hall–Kier alpha value is -4.79. The number of benzene rings is 3. The Labute approximate surface area is 209 Å². The Morgan fingerprint density at radius 2 is 1.53 bits per heavy atom. The molecule has 2 amide bonds. The van der Waals surface area contributed by atoms with Gasteiger partial charge in [-0.25, -0.2) is 5.43 Å². The van der Waals surface area contributed by atoms with Crippen molar-refractivity contribution in [3.8, 4) is 0 Å². The van der Waals surface area contributed by atoms with Gasteiger partial charge in [-0.3, -0.25) is 19.7 Å². The van der Waals surface area contributed by atoms with Crippen molar-refractivity contribution in [1.82, 2.24) is 10.7 Å². The van der Waals surface area contributed by atoms with E-state index in [9.17, 15) is 19.7 Å². The highest BCUT2D eigenvalue weighted by molar-refractivity contribution is 6.05. The van der Waals surface area contributed by atoms with Crippen LogP contribution in [0.4, 0.5) is 11.4 Å². The van der Waals surface area contributed by atoms with Gasteiger partial charge in [0, 0.05) is 36.5 Å². The number of carbonyl (C=O) groups is 2. The first-order chi connectivity index (χ1) is 17.4. The average Bonchev–Trinajstić information content (AvgIpc) is 2.90. The molecule has 3 rings (SSSR count). The lowest BCUT2D eigenvalue weighted by atomic mass is 10.1. The van der Waals surface area contributed by atoms with Crippen molar-refractivity contribution in [3.05, 3.63) is 111 Å². The van der Waals surface area contributed by atoms with Crippen LogP contribution in [-0.4, -0.2) is 36.0 Å². The fraction of sp³-hybridized carbons (Fsp3) is 0.148. The number of nitrogens with zero attached hydrogens (tertiary/aromatic N) is 3. The molecule has 0 unspecified atom stereocenters. The van der Waals surface area contributed by atoms with Gasteiger partial charge in [0.05, 0.1) is 11.1 Å². The monoisotopic (exact) mass is 485 g/mol. The molecule has 3 aromatic rings. The van der Waals surface area contributed by atoms with E-state index >= 15 is 0 Å². The lowest BCUT2D eigenvalue weighted by molar-refractivity contribution is -0.384. The first-order valence-electron chi connectivity index (χ1n) is 11.4. The van der Waals surface area contributed by atoms with Gasteiger partial charge in [0.1, 0.15) is 5.70 Å². The molecule has 0 heterocycles. The highest BCUT2D eigenvalue weighted by Gasteiger charge is 2.14. The van der Waals surface area contributed by atoms with Crippen LogP contribution in [0.2, 0.25) is 0 Å². The molecule has 0 fully saturated rings. The number of rotatable bonds is 10. The third-order valence-electron chi connectivity index (χ3n) is 5.35. The van der Waals surface area contributed by atoms with E-state index in [0.29, 0.717) is 11.1 Å². The Morgan fingerprint density at radius 1 is 0.917 bits per heavy atom. The van der Waals surface area contributed by atoms with E-state index in [-0.39, 0.29) is 11.4 Å². The average molecular weight is 486 g/mol. The highest BCUT2D eigenvalue weighted by Crippen LogP contribution is 2.17. The van der Waals surface area contributed by atoms with Crippen molar-refractivity contribution in [2.45, 2.75) is 13.8 Å². The van der Waals surface area contributed by atoms with Gasteiger partial charge in [0.25, 0.3) is 17.5 Å². The summed E-state index contributed by atoms with van der Waals surface area (Å²) in [6, 6.07) is 21.9. The predicted octanol–water partition coefficient (Wildman–Crippen LogP) is 4.36. The molecule has 0 radical (unpaired) electrons. The zero-order chi connectivity index (χ0) is 25.9. The third kappa shape index (κ3) is 7.10. The maximum absolute atomic E-state index is 12.9. The van der Waals surface area contributed by atoms with Crippen molar-refractivity contribution in [1.29, 1.82) is 0 Å². The minimum Gasteiger partial charge on any atom is -0.372 e. The zero-order valence-electron chi connectivity index (χ0n) is 20.0. The van der Waals surface area contributed by atoms with E-state index in [4.69, 9.17) is 0 Å². The predicted molar refractivity (Wildman–Crippen MR) is 141 cm³/mol. The minimum absolute atomic E-state index is 0.0142. The van der Waals surface area contributed by atoms with E-state index in [1.165, 1.54) is 30.5 Å². The van der Waals surface area contributed by atoms with Crippen LogP contribution >= 0.6 is 0 Å². The van der Waals surface area contributed by atoms with Crippen LogP contribution in [0.15, 0.2) is 89.7 Å². The number of nitro groups is 1. The Morgan fingerprint density at radius 3 is 2.11 bits per heavy atom. The smallest absolute Gasteiger partial charge is 0.287 e. The number of non-ortho nitro benzene ring substituents is 1. The van der Waals surface area contributed by atoms with Crippen molar-refractivity contribution in [3.63, 3.8) is 0 Å². The lowest BCUT2D eigenvalue weighted by Crippen LogP contribution is -2.32. The van der Waals surface area contributed by atoms with E-state index < -0.39 is 16.7 Å². The molecule has 0 aliphatic rings. The van der Waals surface area contributed by atoms with Crippen molar-refractivity contribution >= 4 is 35.5 Å². The maximum atomic E-state index is 12.9. The lowest BCUT2D eigenvalue weighted by Gasteiger charge is -2.20. The first kappa shape index (κ1) is 25.8. The number of nitrogens with one attached hydrogen (secondary N) is 2. The van der Waals surface area contributed by atoms with E-state index in [1.807, 2.05) is 24.3 Å². The molecule has 0 aliphatic carbocycles. The van der Waals surface area contributed by atoms with Gasteiger partial charge in [-0.1, -0.05) is 30.3 Å². The van der Waals surface area contributed by atoms with Gasteiger partial charge in [-0.2, -0.15) is 5.10 Å². The van der Waals surface area contributed by atoms with Gasteiger partial charge in [0.2, 0.25) is 0 Å². The quantitative estimate of drug-likeness (QED) is 0.191. The van der Waals surface area contributed by atoms with Gasteiger partial charge >= 0.3 is 0 Å². The molecule has 9 nitrogen and oxygen atoms in total. The Bertz CT molecular complexity index is 1250. The molecule has 0 spiro atoms. The topological polar surface area (TPSA) is 117 Å². The van der Waals surface area contributed by atoms with E-state index in [0.717, 1.165) is 24.3 Å². The fourth-order valence-corrected chi connectivity index (χ4v) is 3.39. The number of carbonyl (C=O) groups excluding carboxylic acids is 2. The summed E-state index contributed by atoms with van der Waals surface area (Å²) in [5, 5.41) is 17.4. The summed E-state index contributed by atoms with van der Waals surface area (Å²) in [6.07, 6.45) is 2.93. The molecule has 36 heavy (non-hydrogen) atoms. The maximum Gasteiger partial charge on any atom is 0.287 e. The van der Waals surface area contributed by atoms with Crippen LogP contribution in [0.25, 0.3) is 6.08 Å². The first-order valence-corrected chi connectivity index (χ1v) is 11.4. The normalized spacial score (nSPS) is 11.2. The third-order valence-corrected chi connectivity index (χ3v) is 5.35. The van der Waals surface area contributed by atoms with Crippen molar-refractivity contribution in [2.24, 2.45) is 5.10 Å². The summed E-state index contributed by atoms with van der Waals surface area (Å²) in [7, 11) is 0. The summed E-state index contributed by atoms with van der Waals surface area (Å²) in [5.74, 6) is -1.05. The SMILES string of the molecule is CCN(CC)c1ccc(/C=C(\NC(=O)c2ccccc2)C(=O)NN=Cc2ccc([N+](=O)[O-])cc2)cc1. The number of anilines is 1. The summed E-state index contributed by atoms with van der Waals surface area (Å²) < 4.78 is 0. The summed E-state index contributed by atoms with van der Waals surface area (Å²) in [5.41, 5.74) is 5.12. The standard InChI is InChI=1S/C27H27N5O4/c1-3-31(4-2)23-14-10-20(11-15-23)18-25(29-26(33)22-8-6-5-7-9-22)27(34)30-28-19-21-12-16-24(17-13-21)32(35)36/h5-19H,3-4H2,1-2H3,(H,29,33)(H,30,34)/b25-18-,28-19?. The van der Waals surface area contributed by atoms with Crippen LogP contribution in [-0.2, 0) is 4.79 Å². The second kappa shape index (κ2) is 12.6. The Balaban J connectivity index is 1.80. The largest absolute Gasteiger partial charge is 0.372 e. The minimum atomic E-state index is -0.620. The molecular weight excluding hydrogens is 458 g/mol. The number of nitro benzene ring substituents is 1. The summed E-state index contributed by atoms with van der Waals surface area (Å²) in [6.45, 7) is 5.91. The molecule has 0 aromatic heterocycles. The van der Waals surface area contributed by atoms with Crippen molar-refractivity contribution in [2.75, 3.05) is 18.0 Å². The molecule has 2 N–H and O–H groups in total. The van der Waals surface area contributed by atoms with Gasteiger partial charge in [-0.15, -0.1) is 0 Å². The molecule has 0 saturated carbocycles. The number of hydrogen-bond acceptors (Lipinski definition) is 6. The second-order valence-electron chi connectivity index (χ2n) is 7.69. The van der Waals surface area contributed by atoms with Gasteiger partial charge in [0.15, 0.2) is 0 Å². The zero-order valence-corrected chi connectivity index (χ0v) is 20.0. The molecule has 9 heteroatoms. The van der Waals surface area contributed by atoms with Crippen LogP contribution in [0.3, 0.4) is 0 Å². The van der Waals surface area contributed by atoms with Crippen LogP contribution in [0.5, 0.6) is 0 Å². The van der Waals surface area contributed by atoms with Crippen LogP contribution in [0.1, 0.15) is 35.3 Å². The molecule has 0 bridgehead atoms. The molecule has 3 aromatic carbocycles. The Kier molecular flexibility index (Phi) is 9.05. The van der Waals surface area contributed by atoms with Gasteiger partial charge in [-0.05, 0) is 67.4 Å². The molecule has 0 saturated heterocycles. The highest BCUT2D eigenvalue weighted by atomic mass is 16.6. The second-order valence-corrected chi connectivity index (χ2v) is 7.69.